The molecule has 1 aliphatic carbocycles. The van der Waals surface area contributed by atoms with Gasteiger partial charge in [-0.15, -0.1) is 0 Å². The van der Waals surface area contributed by atoms with E-state index in [1.165, 1.54) is 30.4 Å². The third-order valence-corrected chi connectivity index (χ3v) is 9.77. The number of benzene rings is 2. The van der Waals surface area contributed by atoms with Crippen molar-refractivity contribution in [3.63, 3.8) is 0 Å². The summed E-state index contributed by atoms with van der Waals surface area (Å²) in [7, 11) is 0. The van der Waals surface area contributed by atoms with E-state index in [9.17, 15) is 14.4 Å². The van der Waals surface area contributed by atoms with Gasteiger partial charge >= 0.3 is 0 Å². The number of ether oxygens (including phenoxy) is 1. The van der Waals surface area contributed by atoms with Crippen molar-refractivity contribution in [2.24, 2.45) is 0 Å². The quantitative estimate of drug-likeness (QED) is 0.654. The number of carbonyl (C=O) groups excluding carboxylic acids is 3. The first-order chi connectivity index (χ1) is 18.0. The summed E-state index contributed by atoms with van der Waals surface area (Å²) in [6, 6.07) is 14.5. The van der Waals surface area contributed by atoms with Crippen LogP contribution in [-0.4, -0.2) is 59.8 Å². The van der Waals surface area contributed by atoms with Crippen LogP contribution in [-0.2, 0) is 27.0 Å². The van der Waals surface area contributed by atoms with Crippen molar-refractivity contribution in [2.45, 2.75) is 68.4 Å². The van der Waals surface area contributed by atoms with E-state index in [0.717, 1.165) is 43.8 Å². The van der Waals surface area contributed by atoms with Gasteiger partial charge in [0.25, 0.3) is 5.91 Å². The van der Waals surface area contributed by atoms with Crippen LogP contribution in [0.1, 0.15) is 72.0 Å². The number of nitrogens with zero attached hydrogens (tertiary/aromatic N) is 2. The maximum Gasteiger partial charge on any atom is 0.255 e. The summed E-state index contributed by atoms with van der Waals surface area (Å²) in [5, 5.41) is 2.38. The molecule has 1 atom stereocenters. The minimum Gasteiger partial charge on any atom is -0.492 e. The van der Waals surface area contributed by atoms with Gasteiger partial charge in [0, 0.05) is 40.5 Å². The number of piperidine rings is 2. The summed E-state index contributed by atoms with van der Waals surface area (Å²) in [6.45, 7) is 4.25. The smallest absolute Gasteiger partial charge is 0.255 e. The zero-order valence-corrected chi connectivity index (χ0v) is 21.1. The van der Waals surface area contributed by atoms with E-state index in [1.807, 2.05) is 6.07 Å². The predicted molar refractivity (Wildman–Crippen MR) is 137 cm³/mol. The Morgan fingerprint density at radius 3 is 2.46 bits per heavy atom. The van der Waals surface area contributed by atoms with Crippen molar-refractivity contribution >= 4 is 17.7 Å². The van der Waals surface area contributed by atoms with Crippen molar-refractivity contribution in [1.29, 1.82) is 0 Å². The Hall–Kier alpha value is -3.19. The van der Waals surface area contributed by atoms with Crippen LogP contribution in [0.2, 0.25) is 0 Å². The summed E-state index contributed by atoms with van der Waals surface area (Å²) in [5.41, 5.74) is 4.54. The maximum absolute atomic E-state index is 13.2. The number of hydrogen-bond donors (Lipinski definition) is 1. The molecule has 3 amide bonds. The van der Waals surface area contributed by atoms with Gasteiger partial charge in [-0.1, -0.05) is 42.8 Å². The van der Waals surface area contributed by atoms with E-state index < -0.39 is 6.04 Å². The van der Waals surface area contributed by atoms with E-state index in [0.29, 0.717) is 30.6 Å². The average Bonchev–Trinajstić information content (AvgIpc) is 3.41. The van der Waals surface area contributed by atoms with Gasteiger partial charge in [-0.05, 0) is 56.8 Å². The van der Waals surface area contributed by atoms with E-state index in [2.05, 4.69) is 46.6 Å². The van der Waals surface area contributed by atoms with Crippen LogP contribution in [0.15, 0.2) is 42.5 Å². The van der Waals surface area contributed by atoms with Crippen LogP contribution in [0.25, 0.3) is 0 Å². The van der Waals surface area contributed by atoms with Crippen molar-refractivity contribution in [3.8, 4) is 5.75 Å². The molecule has 4 aliphatic heterocycles. The molecular weight excluding hydrogens is 466 g/mol. The molecule has 0 aromatic heterocycles. The second-order valence-corrected chi connectivity index (χ2v) is 11.7. The number of imide groups is 1. The van der Waals surface area contributed by atoms with Gasteiger partial charge in [-0.25, -0.2) is 0 Å². The maximum atomic E-state index is 13.2. The number of hydrogen-bond acceptors (Lipinski definition) is 5. The molecule has 7 nitrogen and oxygen atoms in total. The largest absolute Gasteiger partial charge is 0.492 e. The molecule has 7 heteroatoms. The molecule has 192 valence electrons. The second-order valence-electron chi connectivity index (χ2n) is 11.7. The van der Waals surface area contributed by atoms with Gasteiger partial charge in [0.2, 0.25) is 11.8 Å². The van der Waals surface area contributed by atoms with Crippen molar-refractivity contribution in [3.05, 3.63) is 64.7 Å². The lowest BCUT2D eigenvalue weighted by Crippen LogP contribution is -2.52. The molecule has 1 saturated carbocycles. The third-order valence-electron chi connectivity index (χ3n) is 9.77. The van der Waals surface area contributed by atoms with E-state index in [-0.39, 0.29) is 29.6 Å². The molecule has 2 aromatic carbocycles. The monoisotopic (exact) mass is 499 g/mol. The summed E-state index contributed by atoms with van der Waals surface area (Å²) in [5.74, 6) is 0.0701. The molecule has 0 bridgehead atoms. The molecule has 1 unspecified atom stereocenters. The molecule has 7 rings (SSSR count). The number of amides is 3. The zero-order chi connectivity index (χ0) is 25.2. The summed E-state index contributed by atoms with van der Waals surface area (Å²) >= 11 is 0. The Labute approximate surface area is 217 Å². The van der Waals surface area contributed by atoms with Crippen molar-refractivity contribution in [1.82, 2.24) is 15.1 Å². The Balaban J connectivity index is 1.08. The summed E-state index contributed by atoms with van der Waals surface area (Å²) in [4.78, 5) is 41.5. The van der Waals surface area contributed by atoms with Gasteiger partial charge in [-0.3, -0.25) is 19.7 Å². The first kappa shape index (κ1) is 23.0. The second kappa shape index (κ2) is 8.42. The average molecular weight is 500 g/mol. The van der Waals surface area contributed by atoms with Gasteiger partial charge < -0.3 is 14.5 Å². The highest BCUT2D eigenvalue weighted by Gasteiger charge is 2.49. The van der Waals surface area contributed by atoms with Gasteiger partial charge in [0.1, 0.15) is 11.8 Å². The summed E-state index contributed by atoms with van der Waals surface area (Å²) < 4.78 is 6.35. The van der Waals surface area contributed by atoms with Crippen LogP contribution in [0.5, 0.6) is 5.75 Å². The minimum absolute atomic E-state index is 0.00845. The lowest BCUT2D eigenvalue weighted by molar-refractivity contribution is -0.136. The van der Waals surface area contributed by atoms with Gasteiger partial charge in [-0.2, -0.15) is 0 Å². The topological polar surface area (TPSA) is 79.0 Å². The first-order valence-corrected chi connectivity index (χ1v) is 13.7. The number of rotatable bonds is 4. The lowest BCUT2D eigenvalue weighted by Gasteiger charge is -2.48. The molecule has 3 fully saturated rings. The van der Waals surface area contributed by atoms with Crippen LogP contribution < -0.4 is 10.1 Å². The third kappa shape index (κ3) is 3.54. The van der Waals surface area contributed by atoms with Crippen LogP contribution in [0, 0.1) is 0 Å². The first-order valence-electron chi connectivity index (χ1n) is 13.7. The van der Waals surface area contributed by atoms with Crippen LogP contribution in [0.4, 0.5) is 0 Å². The molecule has 1 spiro atoms. The fourth-order valence-electron chi connectivity index (χ4n) is 7.40. The molecular formula is C30H33N3O4. The highest BCUT2D eigenvalue weighted by atomic mass is 16.5. The number of fused-ring (bicyclic) bond motifs is 4. The van der Waals surface area contributed by atoms with Gasteiger partial charge in [0.15, 0.2) is 0 Å². The Morgan fingerprint density at radius 1 is 0.973 bits per heavy atom. The lowest BCUT2D eigenvalue weighted by atomic mass is 9.63. The molecule has 2 aromatic rings. The molecule has 2 saturated heterocycles. The highest BCUT2D eigenvalue weighted by molar-refractivity contribution is 6.05. The number of nitrogens with one attached hydrogen (secondary N) is 1. The predicted octanol–water partition coefficient (Wildman–Crippen LogP) is 3.30. The van der Waals surface area contributed by atoms with Crippen LogP contribution in [0.3, 0.4) is 0 Å². The summed E-state index contributed by atoms with van der Waals surface area (Å²) in [6.07, 6.45) is 6.59. The Bertz CT molecular complexity index is 1280. The molecule has 5 aliphatic rings. The standard InChI is InChI=1S/C30H33N3O4/c34-25-10-9-24(27(35)31-25)33-17-22-21(28(33)36)7-8-23-26(22)37-19-30(23)13-15-32(16-14-30)18-29(11-4-12-29)20-5-2-1-3-6-20/h1-3,5-8,24H,4,9-19H2,(H,31,34,35). The fourth-order valence-corrected chi connectivity index (χ4v) is 7.40. The van der Waals surface area contributed by atoms with Gasteiger partial charge in [0.05, 0.1) is 13.2 Å². The number of carbonyl (C=O) groups is 3. The molecule has 4 heterocycles. The van der Waals surface area contributed by atoms with E-state index in [4.69, 9.17) is 4.74 Å². The van der Waals surface area contributed by atoms with Crippen molar-refractivity contribution in [2.75, 3.05) is 26.2 Å². The SMILES string of the molecule is O=C1CCC(N2Cc3c(ccc4c3OCC43CCN(CC4(c5ccccc5)CCC4)CC3)C2=O)C(=O)N1. The molecule has 0 radical (unpaired) electrons. The number of likely N-dealkylation sites (tertiary alicyclic amines) is 1. The minimum atomic E-state index is -0.602. The Kier molecular flexibility index (Phi) is 5.22. The van der Waals surface area contributed by atoms with E-state index >= 15 is 0 Å². The molecule has 37 heavy (non-hydrogen) atoms. The van der Waals surface area contributed by atoms with Crippen LogP contribution >= 0.6 is 0 Å². The molecule has 1 N–H and O–H groups in total. The Morgan fingerprint density at radius 2 is 1.76 bits per heavy atom. The highest BCUT2D eigenvalue weighted by Crippen LogP contribution is 2.51. The van der Waals surface area contributed by atoms with Crippen molar-refractivity contribution < 1.29 is 19.1 Å². The fraction of sp³-hybridized carbons (Fsp3) is 0.500. The zero-order valence-electron chi connectivity index (χ0n) is 21.1. The van der Waals surface area contributed by atoms with E-state index in [1.54, 1.807) is 4.90 Å². The normalized spacial score (nSPS) is 25.9.